The molecule has 0 radical (unpaired) electrons. The van der Waals surface area contributed by atoms with Crippen molar-refractivity contribution in [2.24, 2.45) is 15.8 Å². The lowest BCUT2D eigenvalue weighted by atomic mass is 9.88. The molecule has 0 aromatic carbocycles. The zero-order chi connectivity index (χ0) is 10.6. The smallest absolute Gasteiger partial charge is 0.190 e. The van der Waals surface area contributed by atoms with Gasteiger partial charge in [0.2, 0.25) is 0 Å². The molecule has 80 valence electrons. The third kappa shape index (κ3) is 1.68. The molecule has 1 fully saturated rings. The second-order valence-electron chi connectivity index (χ2n) is 5.72. The summed E-state index contributed by atoms with van der Waals surface area (Å²) in [6, 6.07) is 0.346. The van der Waals surface area contributed by atoms with Crippen molar-refractivity contribution in [1.82, 2.24) is 0 Å². The molecular formula is C11H18INO. The van der Waals surface area contributed by atoms with E-state index in [0.29, 0.717) is 6.04 Å². The predicted octanol–water partition coefficient (Wildman–Crippen LogP) is 3.04. The van der Waals surface area contributed by atoms with Crippen LogP contribution >= 0.6 is 22.6 Å². The molecule has 0 aromatic heterocycles. The van der Waals surface area contributed by atoms with Gasteiger partial charge < -0.3 is 4.74 Å². The summed E-state index contributed by atoms with van der Waals surface area (Å²) in [4.78, 5) is 4.73. The standard InChI is InChI=1S/C11H18INO/c1-10(2,3)8-6-14-9(13-8)11(4)5-7(11)12/h7-8H,5-6H2,1-4H3/t7?,8-,11?/m1/s1. The number of nitrogens with zero attached hydrogens (tertiary/aromatic N) is 1. The highest BCUT2D eigenvalue weighted by molar-refractivity contribution is 14.1. The lowest BCUT2D eigenvalue weighted by Crippen LogP contribution is -2.25. The highest BCUT2D eigenvalue weighted by Gasteiger charge is 2.55. The lowest BCUT2D eigenvalue weighted by Gasteiger charge is -2.21. The Hall–Kier alpha value is 0.200. The van der Waals surface area contributed by atoms with E-state index in [2.05, 4.69) is 50.3 Å². The molecule has 2 unspecified atom stereocenters. The molecule has 0 aromatic rings. The normalized spacial score (nSPS) is 41.9. The minimum atomic E-state index is 0.230. The fraction of sp³-hybridized carbons (Fsp3) is 0.909. The molecule has 0 saturated heterocycles. The Bertz CT molecular complexity index is 282. The Morgan fingerprint density at radius 3 is 2.43 bits per heavy atom. The zero-order valence-electron chi connectivity index (χ0n) is 9.30. The van der Waals surface area contributed by atoms with Crippen LogP contribution in [0.3, 0.4) is 0 Å². The summed E-state index contributed by atoms with van der Waals surface area (Å²) in [5.74, 6) is 1.01. The van der Waals surface area contributed by atoms with Gasteiger partial charge in [-0.25, -0.2) is 4.99 Å². The van der Waals surface area contributed by atoms with Crippen molar-refractivity contribution in [1.29, 1.82) is 0 Å². The molecule has 1 saturated carbocycles. The van der Waals surface area contributed by atoms with Gasteiger partial charge in [0.1, 0.15) is 6.61 Å². The van der Waals surface area contributed by atoms with Crippen molar-refractivity contribution in [3.63, 3.8) is 0 Å². The fourth-order valence-corrected chi connectivity index (χ4v) is 2.85. The van der Waals surface area contributed by atoms with Gasteiger partial charge in [-0.3, -0.25) is 0 Å². The summed E-state index contributed by atoms with van der Waals surface area (Å²) in [6.07, 6.45) is 1.23. The first-order valence-corrected chi connectivity index (χ1v) is 6.44. The van der Waals surface area contributed by atoms with Crippen molar-refractivity contribution in [3.05, 3.63) is 0 Å². The predicted molar refractivity (Wildman–Crippen MR) is 67.2 cm³/mol. The maximum atomic E-state index is 5.73. The highest BCUT2D eigenvalue weighted by Crippen LogP contribution is 2.54. The fourth-order valence-electron chi connectivity index (χ4n) is 1.66. The first-order valence-electron chi connectivity index (χ1n) is 5.19. The molecule has 0 bridgehead atoms. The molecular weight excluding hydrogens is 289 g/mol. The summed E-state index contributed by atoms with van der Waals surface area (Å²) in [5.41, 5.74) is 0.480. The van der Waals surface area contributed by atoms with Crippen LogP contribution in [0.5, 0.6) is 0 Å². The van der Waals surface area contributed by atoms with Crippen molar-refractivity contribution in [2.75, 3.05) is 6.61 Å². The van der Waals surface area contributed by atoms with Crippen LogP contribution in [0.2, 0.25) is 0 Å². The van der Waals surface area contributed by atoms with Gasteiger partial charge in [0.15, 0.2) is 5.90 Å². The molecule has 14 heavy (non-hydrogen) atoms. The monoisotopic (exact) mass is 307 g/mol. The molecule has 2 rings (SSSR count). The van der Waals surface area contributed by atoms with Crippen LogP contribution in [0, 0.1) is 10.8 Å². The van der Waals surface area contributed by atoms with E-state index in [4.69, 9.17) is 9.73 Å². The second kappa shape index (κ2) is 3.09. The number of hydrogen-bond donors (Lipinski definition) is 0. The van der Waals surface area contributed by atoms with E-state index in [1.54, 1.807) is 0 Å². The van der Waals surface area contributed by atoms with Crippen LogP contribution in [0.25, 0.3) is 0 Å². The molecule has 0 spiro atoms. The van der Waals surface area contributed by atoms with E-state index in [-0.39, 0.29) is 10.8 Å². The van der Waals surface area contributed by atoms with Crippen LogP contribution < -0.4 is 0 Å². The Kier molecular flexibility index (Phi) is 2.37. The van der Waals surface area contributed by atoms with Crippen molar-refractivity contribution >= 4 is 28.5 Å². The maximum absolute atomic E-state index is 5.73. The molecule has 1 heterocycles. The number of rotatable bonds is 1. The van der Waals surface area contributed by atoms with E-state index >= 15 is 0 Å². The van der Waals surface area contributed by atoms with Crippen LogP contribution in [0.4, 0.5) is 0 Å². The number of aliphatic imine (C=N–C) groups is 1. The largest absolute Gasteiger partial charge is 0.478 e. The molecule has 3 atom stereocenters. The molecule has 2 nitrogen and oxygen atoms in total. The van der Waals surface area contributed by atoms with Crippen LogP contribution in [0.1, 0.15) is 34.1 Å². The van der Waals surface area contributed by atoms with Crippen LogP contribution in [-0.2, 0) is 4.74 Å². The van der Waals surface area contributed by atoms with Gasteiger partial charge in [0, 0.05) is 3.92 Å². The number of alkyl halides is 1. The summed E-state index contributed by atoms with van der Waals surface area (Å²) in [7, 11) is 0. The molecule has 0 amide bonds. The van der Waals surface area contributed by atoms with Crippen molar-refractivity contribution < 1.29 is 4.74 Å². The topological polar surface area (TPSA) is 21.6 Å². The summed E-state index contributed by atoms with van der Waals surface area (Å²) >= 11 is 2.49. The third-order valence-corrected chi connectivity index (χ3v) is 5.09. The molecule has 0 N–H and O–H groups in total. The quantitative estimate of drug-likeness (QED) is 0.539. The number of hydrogen-bond acceptors (Lipinski definition) is 2. The Balaban J connectivity index is 2.11. The highest BCUT2D eigenvalue weighted by atomic mass is 127. The lowest BCUT2D eigenvalue weighted by molar-refractivity contribution is 0.228. The maximum Gasteiger partial charge on any atom is 0.190 e. The molecule has 3 heteroatoms. The Morgan fingerprint density at radius 1 is 1.50 bits per heavy atom. The van der Waals surface area contributed by atoms with Gasteiger partial charge in [-0.15, -0.1) is 0 Å². The first kappa shape index (κ1) is 10.7. The number of ether oxygens (including phenoxy) is 1. The summed E-state index contributed by atoms with van der Waals surface area (Å²) in [5, 5.41) is 0. The summed E-state index contributed by atoms with van der Waals surface area (Å²) in [6.45, 7) is 9.71. The van der Waals surface area contributed by atoms with Gasteiger partial charge in [-0.2, -0.15) is 0 Å². The minimum Gasteiger partial charge on any atom is -0.478 e. The van der Waals surface area contributed by atoms with Crippen molar-refractivity contribution in [3.8, 4) is 0 Å². The third-order valence-electron chi connectivity index (χ3n) is 3.27. The zero-order valence-corrected chi connectivity index (χ0v) is 11.5. The average Bonchev–Trinajstić information content (AvgIpc) is 2.52. The summed E-state index contributed by atoms with van der Waals surface area (Å²) < 4.78 is 6.45. The van der Waals surface area contributed by atoms with Gasteiger partial charge >= 0.3 is 0 Å². The average molecular weight is 307 g/mol. The van der Waals surface area contributed by atoms with Gasteiger partial charge in [-0.05, 0) is 18.8 Å². The second-order valence-corrected chi connectivity index (χ2v) is 7.22. The van der Waals surface area contributed by atoms with E-state index in [1.807, 2.05) is 0 Å². The molecule has 1 aliphatic carbocycles. The van der Waals surface area contributed by atoms with Gasteiger partial charge in [-0.1, -0.05) is 43.4 Å². The van der Waals surface area contributed by atoms with Gasteiger partial charge in [0.25, 0.3) is 0 Å². The first-order chi connectivity index (χ1) is 6.34. The van der Waals surface area contributed by atoms with E-state index < -0.39 is 0 Å². The van der Waals surface area contributed by atoms with E-state index in [9.17, 15) is 0 Å². The molecule has 2 aliphatic rings. The van der Waals surface area contributed by atoms with Crippen LogP contribution in [-0.4, -0.2) is 22.5 Å². The van der Waals surface area contributed by atoms with E-state index in [0.717, 1.165) is 16.4 Å². The molecule has 1 aliphatic heterocycles. The van der Waals surface area contributed by atoms with E-state index in [1.165, 1.54) is 6.42 Å². The minimum absolute atomic E-state index is 0.230. The SMILES string of the molecule is CC1(C2=N[C@@H](C(C)(C)C)CO2)CC1I. The van der Waals surface area contributed by atoms with Crippen molar-refractivity contribution in [2.45, 2.75) is 44.1 Å². The Morgan fingerprint density at radius 2 is 2.07 bits per heavy atom. The Labute approximate surface area is 99.6 Å². The van der Waals surface area contributed by atoms with Crippen LogP contribution in [0.15, 0.2) is 4.99 Å². The van der Waals surface area contributed by atoms with Gasteiger partial charge in [0.05, 0.1) is 11.5 Å². The number of halogens is 1.